The zero-order valence-electron chi connectivity index (χ0n) is 9.24. The van der Waals surface area contributed by atoms with Gasteiger partial charge in [0, 0.05) is 12.3 Å². The van der Waals surface area contributed by atoms with Crippen LogP contribution in [0.3, 0.4) is 0 Å². The third kappa shape index (κ3) is 1.58. The molecule has 2 bridgehead atoms. The van der Waals surface area contributed by atoms with Crippen LogP contribution in [0.5, 0.6) is 0 Å². The highest BCUT2D eigenvalue weighted by atomic mass is 16.5. The van der Waals surface area contributed by atoms with Gasteiger partial charge in [0.05, 0.1) is 24.9 Å². The quantitative estimate of drug-likeness (QED) is 0.763. The van der Waals surface area contributed by atoms with Gasteiger partial charge < -0.3 is 14.8 Å². The van der Waals surface area contributed by atoms with Crippen LogP contribution in [-0.4, -0.2) is 31.9 Å². The number of likely N-dealkylation sites (N-methyl/N-ethyl adjacent to an activating group) is 1. The standard InChI is InChI=1S/C12H19NO2/c1-13-12(11-3-2-6-14-11)9-7-8-4-5-10(9)15-8/h3,8-10,12-13H,2,4-7H2,1H3. The first-order valence-electron chi connectivity index (χ1n) is 6.04. The average molecular weight is 209 g/mol. The van der Waals surface area contributed by atoms with Gasteiger partial charge in [-0.05, 0) is 32.4 Å². The van der Waals surface area contributed by atoms with Crippen LogP contribution in [0.15, 0.2) is 11.8 Å². The first-order valence-corrected chi connectivity index (χ1v) is 6.04. The molecule has 84 valence electrons. The summed E-state index contributed by atoms with van der Waals surface area (Å²) in [6.45, 7) is 0.856. The monoisotopic (exact) mass is 209 g/mol. The van der Waals surface area contributed by atoms with Gasteiger partial charge in [-0.15, -0.1) is 0 Å². The van der Waals surface area contributed by atoms with E-state index in [1.807, 2.05) is 7.05 Å². The highest BCUT2D eigenvalue weighted by molar-refractivity contribution is 5.12. The van der Waals surface area contributed by atoms with Crippen LogP contribution in [0.2, 0.25) is 0 Å². The molecule has 3 rings (SSSR count). The van der Waals surface area contributed by atoms with Crippen LogP contribution >= 0.6 is 0 Å². The first-order chi connectivity index (χ1) is 7.38. The van der Waals surface area contributed by atoms with Gasteiger partial charge in [-0.25, -0.2) is 0 Å². The molecule has 0 spiro atoms. The number of hydrogen-bond donors (Lipinski definition) is 1. The maximum Gasteiger partial charge on any atom is 0.109 e. The van der Waals surface area contributed by atoms with Crippen molar-refractivity contribution in [1.29, 1.82) is 0 Å². The molecule has 3 aliphatic heterocycles. The molecule has 0 aromatic carbocycles. The highest BCUT2D eigenvalue weighted by Gasteiger charge is 2.45. The molecule has 0 radical (unpaired) electrons. The summed E-state index contributed by atoms with van der Waals surface area (Å²) >= 11 is 0. The third-order valence-electron chi connectivity index (χ3n) is 3.93. The second-order valence-corrected chi connectivity index (χ2v) is 4.78. The first kappa shape index (κ1) is 9.67. The topological polar surface area (TPSA) is 30.5 Å². The summed E-state index contributed by atoms with van der Waals surface area (Å²) in [6.07, 6.45) is 7.99. The summed E-state index contributed by atoms with van der Waals surface area (Å²) in [4.78, 5) is 0. The van der Waals surface area contributed by atoms with E-state index in [1.54, 1.807) is 0 Å². The van der Waals surface area contributed by atoms with Gasteiger partial charge in [0.2, 0.25) is 0 Å². The van der Waals surface area contributed by atoms with Gasteiger partial charge in [0.25, 0.3) is 0 Å². The van der Waals surface area contributed by atoms with E-state index in [0.717, 1.165) is 18.8 Å². The van der Waals surface area contributed by atoms with Crippen molar-refractivity contribution < 1.29 is 9.47 Å². The highest BCUT2D eigenvalue weighted by Crippen LogP contribution is 2.42. The molecule has 2 saturated heterocycles. The van der Waals surface area contributed by atoms with Crippen molar-refractivity contribution in [3.8, 4) is 0 Å². The Morgan fingerprint density at radius 3 is 2.93 bits per heavy atom. The molecule has 4 atom stereocenters. The van der Waals surface area contributed by atoms with Crippen molar-refractivity contribution >= 4 is 0 Å². The molecule has 2 fully saturated rings. The zero-order valence-corrected chi connectivity index (χ0v) is 9.24. The molecular weight excluding hydrogens is 190 g/mol. The summed E-state index contributed by atoms with van der Waals surface area (Å²) in [5.74, 6) is 1.77. The van der Waals surface area contributed by atoms with Gasteiger partial charge in [0.1, 0.15) is 5.76 Å². The Hall–Kier alpha value is -0.540. The Bertz CT molecular complexity index is 277. The number of hydrogen-bond acceptors (Lipinski definition) is 3. The van der Waals surface area contributed by atoms with Crippen LogP contribution in [0, 0.1) is 5.92 Å². The Morgan fingerprint density at radius 1 is 1.47 bits per heavy atom. The second-order valence-electron chi connectivity index (χ2n) is 4.78. The summed E-state index contributed by atoms with van der Waals surface area (Å²) in [5, 5.41) is 3.40. The molecule has 3 heteroatoms. The van der Waals surface area contributed by atoms with E-state index in [2.05, 4.69) is 11.4 Å². The summed E-state index contributed by atoms with van der Waals surface area (Å²) in [5.41, 5.74) is 0. The largest absolute Gasteiger partial charge is 0.496 e. The maximum absolute atomic E-state index is 5.90. The normalized spacial score (nSPS) is 40.3. The van der Waals surface area contributed by atoms with Crippen molar-refractivity contribution in [2.45, 2.75) is 43.9 Å². The number of rotatable bonds is 3. The predicted molar refractivity (Wildman–Crippen MR) is 57.5 cm³/mol. The van der Waals surface area contributed by atoms with Crippen LogP contribution in [0.1, 0.15) is 25.7 Å². The van der Waals surface area contributed by atoms with E-state index in [9.17, 15) is 0 Å². The van der Waals surface area contributed by atoms with Crippen LogP contribution in [-0.2, 0) is 9.47 Å². The fraction of sp³-hybridized carbons (Fsp3) is 0.833. The van der Waals surface area contributed by atoms with Crippen molar-refractivity contribution in [2.75, 3.05) is 13.7 Å². The summed E-state index contributed by atoms with van der Waals surface area (Å²) < 4.78 is 11.6. The lowest BCUT2D eigenvalue weighted by molar-refractivity contribution is 0.0829. The Kier molecular flexibility index (Phi) is 2.45. The lowest BCUT2D eigenvalue weighted by Crippen LogP contribution is -2.40. The Labute approximate surface area is 90.8 Å². The number of fused-ring (bicyclic) bond motifs is 2. The molecule has 4 unspecified atom stereocenters. The summed E-state index contributed by atoms with van der Waals surface area (Å²) in [6, 6.07) is 0.378. The Morgan fingerprint density at radius 2 is 2.40 bits per heavy atom. The van der Waals surface area contributed by atoms with E-state index in [4.69, 9.17) is 9.47 Å². The molecule has 0 saturated carbocycles. The van der Waals surface area contributed by atoms with Crippen molar-refractivity contribution in [3.63, 3.8) is 0 Å². The van der Waals surface area contributed by atoms with Crippen molar-refractivity contribution in [1.82, 2.24) is 5.32 Å². The van der Waals surface area contributed by atoms with Crippen LogP contribution in [0.25, 0.3) is 0 Å². The minimum atomic E-state index is 0.378. The molecular formula is C12H19NO2. The lowest BCUT2D eigenvalue weighted by atomic mass is 9.83. The molecule has 0 aromatic rings. The minimum absolute atomic E-state index is 0.378. The van der Waals surface area contributed by atoms with Crippen molar-refractivity contribution in [2.24, 2.45) is 5.92 Å². The molecule has 0 aromatic heterocycles. The predicted octanol–water partition coefficient (Wildman–Crippen LogP) is 1.45. The van der Waals surface area contributed by atoms with Gasteiger partial charge >= 0.3 is 0 Å². The van der Waals surface area contributed by atoms with Crippen LogP contribution < -0.4 is 5.32 Å². The molecule has 0 aliphatic carbocycles. The van der Waals surface area contributed by atoms with Crippen molar-refractivity contribution in [3.05, 3.63) is 11.8 Å². The number of nitrogens with one attached hydrogen (secondary N) is 1. The smallest absolute Gasteiger partial charge is 0.109 e. The molecule has 3 nitrogen and oxygen atoms in total. The fourth-order valence-corrected chi connectivity index (χ4v) is 3.25. The average Bonchev–Trinajstić information content (AvgIpc) is 2.94. The number of ether oxygens (including phenoxy) is 2. The fourth-order valence-electron chi connectivity index (χ4n) is 3.25. The lowest BCUT2D eigenvalue weighted by Gasteiger charge is -2.28. The SMILES string of the molecule is CNC(C1=CCCO1)C1CC2CCC1O2. The summed E-state index contributed by atoms with van der Waals surface area (Å²) in [7, 11) is 2.03. The molecule has 3 aliphatic rings. The molecule has 15 heavy (non-hydrogen) atoms. The van der Waals surface area contributed by atoms with Gasteiger partial charge in [0.15, 0.2) is 0 Å². The maximum atomic E-state index is 5.90. The zero-order chi connectivity index (χ0) is 10.3. The van der Waals surface area contributed by atoms with E-state index >= 15 is 0 Å². The van der Waals surface area contributed by atoms with E-state index in [0.29, 0.717) is 24.2 Å². The second kappa shape index (κ2) is 3.80. The van der Waals surface area contributed by atoms with Gasteiger partial charge in [-0.2, -0.15) is 0 Å². The Balaban J connectivity index is 1.73. The van der Waals surface area contributed by atoms with Gasteiger partial charge in [-0.1, -0.05) is 0 Å². The van der Waals surface area contributed by atoms with E-state index in [1.165, 1.54) is 19.3 Å². The minimum Gasteiger partial charge on any atom is -0.496 e. The molecule has 1 N–H and O–H groups in total. The van der Waals surface area contributed by atoms with E-state index in [-0.39, 0.29) is 0 Å². The molecule has 0 amide bonds. The van der Waals surface area contributed by atoms with Gasteiger partial charge in [-0.3, -0.25) is 0 Å². The third-order valence-corrected chi connectivity index (χ3v) is 3.93. The van der Waals surface area contributed by atoms with Crippen LogP contribution in [0.4, 0.5) is 0 Å². The molecule has 3 heterocycles. The van der Waals surface area contributed by atoms with E-state index < -0.39 is 0 Å².